The fourth-order valence-electron chi connectivity index (χ4n) is 8.33. The minimum Gasteiger partial charge on any atom is -0.322 e. The van der Waals surface area contributed by atoms with Crippen molar-refractivity contribution in [3.63, 3.8) is 0 Å². The molecule has 0 saturated heterocycles. The third-order valence-electron chi connectivity index (χ3n) is 12.1. The van der Waals surface area contributed by atoms with Gasteiger partial charge in [0.05, 0.1) is 22.2 Å². The third kappa shape index (κ3) is 4.27. The first-order valence-corrected chi connectivity index (χ1v) is 17.3. The Morgan fingerprint density at radius 1 is 0.396 bits per heavy atom. The van der Waals surface area contributed by atoms with Crippen LogP contribution in [0.15, 0.2) is 107 Å². The van der Waals surface area contributed by atoms with Crippen LogP contribution in [0.2, 0.25) is 0 Å². The molecule has 0 spiro atoms. The average Bonchev–Trinajstić information content (AvgIpc) is 3.31. The number of hydrogen-bond donors (Lipinski definition) is 0. The molecule has 48 heavy (non-hydrogen) atoms. The van der Waals surface area contributed by atoms with E-state index >= 15 is 0 Å². The van der Waals surface area contributed by atoms with Crippen LogP contribution in [0.1, 0.15) is 69.2 Å². The molecule has 0 N–H and O–H groups in total. The van der Waals surface area contributed by atoms with Gasteiger partial charge >= 0.3 is 0 Å². The minimum absolute atomic E-state index is 0.102. The molecule has 6 aromatic carbocycles. The molecule has 0 saturated carbocycles. The van der Waals surface area contributed by atoms with E-state index in [9.17, 15) is 0 Å². The van der Waals surface area contributed by atoms with Crippen LogP contribution in [-0.4, -0.2) is 33.8 Å². The summed E-state index contributed by atoms with van der Waals surface area (Å²) in [7, 11) is 0. The summed E-state index contributed by atoms with van der Waals surface area (Å²) in [6.07, 6.45) is 0. The van der Waals surface area contributed by atoms with E-state index in [0.717, 1.165) is 11.7 Å². The Morgan fingerprint density at radius 3 is 0.938 bits per heavy atom. The molecular formula is C44H46N4. The van der Waals surface area contributed by atoms with Gasteiger partial charge in [0.1, 0.15) is 11.7 Å². The maximum Gasteiger partial charge on any atom is 0.102 e. The molecule has 0 aromatic heterocycles. The molecule has 2 aliphatic rings. The Balaban J connectivity index is 1.13. The molecule has 4 heteroatoms. The number of nitrogens with zero attached hydrogens (tertiary/aromatic N) is 4. The number of anilines is 2. The molecule has 242 valence electrons. The highest BCUT2D eigenvalue weighted by molar-refractivity contribution is 6.24. The lowest BCUT2D eigenvalue weighted by Gasteiger charge is -2.41. The van der Waals surface area contributed by atoms with Gasteiger partial charge in [-0.2, -0.15) is 0 Å². The topological polar surface area (TPSA) is 31.2 Å². The first-order valence-electron chi connectivity index (χ1n) is 17.3. The summed E-state index contributed by atoms with van der Waals surface area (Å²) in [6, 6.07) is 36.6. The molecule has 0 fully saturated rings. The molecule has 8 rings (SSSR count). The lowest BCUT2D eigenvalue weighted by molar-refractivity contribution is 0.338. The number of hydrogen-bond acceptors (Lipinski definition) is 4. The van der Waals surface area contributed by atoms with Gasteiger partial charge in [0, 0.05) is 11.4 Å². The van der Waals surface area contributed by atoms with Crippen LogP contribution < -0.4 is 9.80 Å². The Morgan fingerprint density at radius 2 is 0.688 bits per heavy atom. The molecule has 0 atom stereocenters. The van der Waals surface area contributed by atoms with Crippen LogP contribution >= 0.6 is 0 Å². The molecule has 0 aliphatic carbocycles. The van der Waals surface area contributed by atoms with Crippen LogP contribution in [0.5, 0.6) is 0 Å². The Hall–Kier alpha value is -4.70. The van der Waals surface area contributed by atoms with E-state index in [1.54, 1.807) is 0 Å². The van der Waals surface area contributed by atoms with Gasteiger partial charge < -0.3 is 9.80 Å². The van der Waals surface area contributed by atoms with Gasteiger partial charge in [-0.05, 0) is 172 Å². The van der Waals surface area contributed by atoms with Gasteiger partial charge in [0.25, 0.3) is 0 Å². The monoisotopic (exact) mass is 630 g/mol. The van der Waals surface area contributed by atoms with Gasteiger partial charge in [-0.25, -0.2) is 0 Å². The van der Waals surface area contributed by atoms with Gasteiger partial charge in [-0.3, -0.25) is 9.98 Å². The smallest absolute Gasteiger partial charge is 0.102 e. The van der Waals surface area contributed by atoms with Crippen molar-refractivity contribution in [2.24, 2.45) is 9.98 Å². The highest BCUT2D eigenvalue weighted by Crippen LogP contribution is 2.44. The number of aliphatic imine (C=N–C) groups is 2. The second-order valence-electron chi connectivity index (χ2n) is 16.0. The second-order valence-corrected chi connectivity index (χ2v) is 16.0. The SMILES string of the molecule is CC1=NC(C)(C)C(C)(C)N1c1ccc(-c2cc3ccc4cc(-c5ccc(N6C(C)=NC(C)(C)C6(C)C)cc5)cc5ccc(c2)c3c45)cc1. The zero-order valence-electron chi connectivity index (χ0n) is 30.0. The van der Waals surface area contributed by atoms with Gasteiger partial charge in [0.15, 0.2) is 0 Å². The average molecular weight is 631 g/mol. The maximum atomic E-state index is 4.98. The molecule has 2 aliphatic heterocycles. The van der Waals surface area contributed by atoms with Gasteiger partial charge in [-0.1, -0.05) is 48.5 Å². The number of amidine groups is 2. The molecular weight excluding hydrogens is 585 g/mol. The van der Waals surface area contributed by atoms with Crippen molar-refractivity contribution < 1.29 is 0 Å². The number of benzene rings is 6. The van der Waals surface area contributed by atoms with E-state index in [2.05, 4.69) is 176 Å². The minimum atomic E-state index is -0.145. The molecule has 0 radical (unpaired) electrons. The summed E-state index contributed by atoms with van der Waals surface area (Å²) in [4.78, 5) is 14.7. The van der Waals surface area contributed by atoms with Gasteiger partial charge in [0.2, 0.25) is 0 Å². The summed E-state index contributed by atoms with van der Waals surface area (Å²) < 4.78 is 0. The lowest BCUT2D eigenvalue weighted by atomic mass is 9.83. The first kappa shape index (κ1) is 30.6. The molecule has 2 heterocycles. The van der Waals surface area contributed by atoms with Crippen molar-refractivity contribution in [2.45, 2.75) is 91.4 Å². The van der Waals surface area contributed by atoms with Crippen molar-refractivity contribution in [3.8, 4) is 22.3 Å². The molecule has 6 aromatic rings. The highest BCUT2D eigenvalue weighted by atomic mass is 15.3. The summed E-state index contributed by atoms with van der Waals surface area (Å²) >= 11 is 0. The highest BCUT2D eigenvalue weighted by Gasteiger charge is 2.49. The van der Waals surface area contributed by atoms with Crippen LogP contribution in [0.3, 0.4) is 0 Å². The predicted molar refractivity (Wildman–Crippen MR) is 209 cm³/mol. The quantitative estimate of drug-likeness (QED) is 0.181. The summed E-state index contributed by atoms with van der Waals surface area (Å²) in [5.41, 5.74) is 6.81. The van der Waals surface area contributed by atoms with E-state index in [4.69, 9.17) is 9.98 Å². The Bertz CT molecular complexity index is 2070. The zero-order valence-corrected chi connectivity index (χ0v) is 30.0. The van der Waals surface area contributed by atoms with E-state index in [1.165, 1.54) is 65.9 Å². The second kappa shape index (κ2) is 9.92. The largest absolute Gasteiger partial charge is 0.322 e. The molecule has 0 bridgehead atoms. The summed E-state index contributed by atoms with van der Waals surface area (Å²) in [5, 5.41) is 7.80. The summed E-state index contributed by atoms with van der Waals surface area (Å²) in [5.74, 6) is 2.14. The Kier molecular flexibility index (Phi) is 6.33. The van der Waals surface area contributed by atoms with E-state index < -0.39 is 0 Å². The van der Waals surface area contributed by atoms with Crippen LogP contribution in [0, 0.1) is 0 Å². The predicted octanol–water partition coefficient (Wildman–Crippen LogP) is 11.5. The van der Waals surface area contributed by atoms with Gasteiger partial charge in [-0.15, -0.1) is 0 Å². The summed E-state index contributed by atoms with van der Waals surface area (Å²) in [6.45, 7) is 22.3. The first-order chi connectivity index (χ1) is 22.6. The number of rotatable bonds is 4. The fourth-order valence-corrected chi connectivity index (χ4v) is 8.33. The van der Waals surface area contributed by atoms with Crippen molar-refractivity contribution in [3.05, 3.63) is 97.1 Å². The van der Waals surface area contributed by atoms with Crippen LogP contribution in [0.25, 0.3) is 54.6 Å². The fraction of sp³-hybridized carbons (Fsp3) is 0.318. The molecule has 4 nitrogen and oxygen atoms in total. The third-order valence-corrected chi connectivity index (χ3v) is 12.1. The standard InChI is InChI=1S/C44H46N4/c1-27-45-41(3,4)43(7,8)47(27)37-19-15-29(16-20-37)35-23-31-11-13-33-25-36(26-34-14-12-32(24-35)39(31)40(33)34)30-17-21-38(22-18-30)48-28(2)46-42(5,6)44(48,9)10/h11-26H,1-10H3. The van der Waals surface area contributed by atoms with Crippen molar-refractivity contribution in [2.75, 3.05) is 9.80 Å². The van der Waals surface area contributed by atoms with E-state index in [1.807, 2.05) is 0 Å². The van der Waals surface area contributed by atoms with Crippen LogP contribution in [-0.2, 0) is 0 Å². The van der Waals surface area contributed by atoms with E-state index in [-0.39, 0.29) is 22.2 Å². The van der Waals surface area contributed by atoms with E-state index in [0.29, 0.717) is 0 Å². The molecule has 0 unspecified atom stereocenters. The molecule has 0 amide bonds. The Labute approximate surface area is 285 Å². The zero-order chi connectivity index (χ0) is 34.0. The van der Waals surface area contributed by atoms with Crippen molar-refractivity contribution >= 4 is 55.4 Å². The maximum absolute atomic E-state index is 4.98. The van der Waals surface area contributed by atoms with Crippen molar-refractivity contribution in [1.29, 1.82) is 0 Å². The van der Waals surface area contributed by atoms with Crippen LogP contribution in [0.4, 0.5) is 11.4 Å². The lowest BCUT2D eigenvalue weighted by Crippen LogP contribution is -2.52. The van der Waals surface area contributed by atoms with Crippen molar-refractivity contribution in [1.82, 2.24) is 0 Å². The normalized spacial score (nSPS) is 19.5.